The van der Waals surface area contributed by atoms with Crippen LogP contribution in [-0.4, -0.2) is 31.9 Å². The van der Waals surface area contributed by atoms with Crippen LogP contribution in [0.5, 0.6) is 5.75 Å². The van der Waals surface area contributed by atoms with Crippen LogP contribution >= 0.6 is 11.6 Å². The molecular formula is C25H22ClFN4O3. The highest BCUT2D eigenvalue weighted by Gasteiger charge is 2.19. The summed E-state index contributed by atoms with van der Waals surface area (Å²) in [6.45, 7) is 5.72. The highest BCUT2D eigenvalue weighted by Crippen LogP contribution is 2.33. The SMILES string of the molecule is Cc1cncc(Cl)c1-n1nc(-c2cccc(OC(C)C)c2)cc1Nc1cc(F)ccc1C(=O)O. The lowest BCUT2D eigenvalue weighted by Crippen LogP contribution is -2.08. The third kappa shape index (κ3) is 4.87. The Bertz CT molecular complexity index is 1350. The number of hydrogen-bond acceptors (Lipinski definition) is 5. The van der Waals surface area contributed by atoms with Crippen LogP contribution < -0.4 is 10.1 Å². The quantitative estimate of drug-likeness (QED) is 0.324. The molecule has 9 heteroatoms. The Balaban J connectivity index is 1.87. The number of carboxylic acid groups (broad SMARTS) is 1. The van der Waals surface area contributed by atoms with E-state index >= 15 is 0 Å². The summed E-state index contributed by atoms with van der Waals surface area (Å²) in [6, 6.07) is 12.6. The zero-order chi connectivity index (χ0) is 24.4. The van der Waals surface area contributed by atoms with Gasteiger partial charge in [0.15, 0.2) is 0 Å². The van der Waals surface area contributed by atoms with E-state index in [1.54, 1.807) is 16.9 Å². The molecule has 0 radical (unpaired) electrons. The van der Waals surface area contributed by atoms with Gasteiger partial charge in [-0.2, -0.15) is 5.10 Å². The number of aryl methyl sites for hydroxylation is 1. The number of nitrogens with zero attached hydrogens (tertiary/aromatic N) is 3. The van der Waals surface area contributed by atoms with Crippen LogP contribution in [0.3, 0.4) is 0 Å². The standard InChI is InChI=1S/C25H22ClFN4O3/c1-14(2)34-18-6-4-5-16(9-18)21-11-23(29-22-10-17(27)7-8-19(22)25(32)33)31(30-21)24-15(3)12-28-13-20(24)26/h4-14,29H,1-3H3,(H,32,33). The summed E-state index contributed by atoms with van der Waals surface area (Å²) >= 11 is 6.46. The number of nitrogens with one attached hydrogen (secondary N) is 1. The van der Waals surface area contributed by atoms with E-state index in [2.05, 4.69) is 10.3 Å². The molecule has 0 saturated heterocycles. The van der Waals surface area contributed by atoms with Gasteiger partial charge >= 0.3 is 5.97 Å². The van der Waals surface area contributed by atoms with E-state index in [-0.39, 0.29) is 17.4 Å². The van der Waals surface area contributed by atoms with Gasteiger partial charge in [0.05, 0.1) is 33.8 Å². The van der Waals surface area contributed by atoms with Gasteiger partial charge in [0.2, 0.25) is 0 Å². The van der Waals surface area contributed by atoms with Gasteiger partial charge in [0.25, 0.3) is 0 Å². The molecule has 2 heterocycles. The summed E-state index contributed by atoms with van der Waals surface area (Å²) in [4.78, 5) is 15.8. The topological polar surface area (TPSA) is 89.3 Å². The summed E-state index contributed by atoms with van der Waals surface area (Å²) in [7, 11) is 0. The number of pyridine rings is 1. The summed E-state index contributed by atoms with van der Waals surface area (Å²) in [5, 5.41) is 17.7. The molecule has 0 aliphatic carbocycles. The first-order chi connectivity index (χ1) is 16.2. The second kappa shape index (κ2) is 9.52. The minimum Gasteiger partial charge on any atom is -0.491 e. The molecule has 2 aromatic carbocycles. The van der Waals surface area contributed by atoms with Gasteiger partial charge in [-0.25, -0.2) is 13.9 Å². The molecular weight excluding hydrogens is 459 g/mol. The Morgan fingerprint density at radius 3 is 2.68 bits per heavy atom. The molecule has 7 nitrogen and oxygen atoms in total. The third-order valence-corrected chi connectivity index (χ3v) is 5.23. The number of aromatic carboxylic acids is 1. The van der Waals surface area contributed by atoms with Gasteiger partial charge in [-0.1, -0.05) is 23.7 Å². The molecule has 4 aromatic rings. The molecule has 174 valence electrons. The van der Waals surface area contributed by atoms with Crippen molar-refractivity contribution in [1.29, 1.82) is 0 Å². The maximum Gasteiger partial charge on any atom is 0.337 e. The number of carbonyl (C=O) groups is 1. The van der Waals surface area contributed by atoms with E-state index in [0.29, 0.717) is 28.0 Å². The van der Waals surface area contributed by atoms with Crippen molar-refractivity contribution in [2.75, 3.05) is 5.32 Å². The fraction of sp³-hybridized carbons (Fsp3) is 0.160. The van der Waals surface area contributed by atoms with Crippen LogP contribution in [0.15, 0.2) is 60.9 Å². The minimum atomic E-state index is -1.19. The van der Waals surface area contributed by atoms with Crippen LogP contribution in [0.4, 0.5) is 15.9 Å². The van der Waals surface area contributed by atoms with Crippen molar-refractivity contribution in [1.82, 2.24) is 14.8 Å². The first-order valence-electron chi connectivity index (χ1n) is 10.5. The smallest absolute Gasteiger partial charge is 0.337 e. The van der Waals surface area contributed by atoms with E-state index in [1.165, 1.54) is 12.3 Å². The second-order valence-electron chi connectivity index (χ2n) is 7.93. The molecule has 0 amide bonds. The third-order valence-electron chi connectivity index (χ3n) is 4.95. The molecule has 4 rings (SSSR count). The number of aromatic nitrogens is 3. The van der Waals surface area contributed by atoms with Gasteiger partial charge < -0.3 is 15.2 Å². The Kier molecular flexibility index (Phi) is 6.51. The molecule has 0 aliphatic heterocycles. The Morgan fingerprint density at radius 2 is 1.97 bits per heavy atom. The maximum atomic E-state index is 14.0. The molecule has 2 N–H and O–H groups in total. The Hall–Kier alpha value is -3.91. The number of halogens is 2. The maximum absolute atomic E-state index is 14.0. The van der Waals surface area contributed by atoms with Gasteiger partial charge in [-0.3, -0.25) is 4.98 Å². The van der Waals surface area contributed by atoms with Crippen LogP contribution in [0, 0.1) is 12.7 Å². The Morgan fingerprint density at radius 1 is 1.18 bits per heavy atom. The van der Waals surface area contributed by atoms with Crippen molar-refractivity contribution in [2.45, 2.75) is 26.9 Å². The lowest BCUT2D eigenvalue weighted by molar-refractivity contribution is 0.0698. The predicted octanol–water partition coefficient (Wildman–Crippen LogP) is 6.26. The number of ether oxygens (including phenoxy) is 1. The van der Waals surface area contributed by atoms with Gasteiger partial charge in [-0.05, 0) is 56.7 Å². The Labute approximate surface area is 200 Å². The predicted molar refractivity (Wildman–Crippen MR) is 129 cm³/mol. The molecule has 0 bridgehead atoms. The van der Waals surface area contributed by atoms with Crippen molar-refractivity contribution in [2.24, 2.45) is 0 Å². The average molecular weight is 481 g/mol. The number of benzene rings is 2. The highest BCUT2D eigenvalue weighted by molar-refractivity contribution is 6.32. The molecule has 0 spiro atoms. The van der Waals surface area contributed by atoms with Crippen molar-refractivity contribution in [3.63, 3.8) is 0 Å². The highest BCUT2D eigenvalue weighted by atomic mass is 35.5. The molecule has 0 saturated carbocycles. The zero-order valence-electron chi connectivity index (χ0n) is 18.7. The summed E-state index contributed by atoms with van der Waals surface area (Å²) in [5.41, 5.74) is 2.67. The first-order valence-corrected chi connectivity index (χ1v) is 10.9. The molecule has 34 heavy (non-hydrogen) atoms. The fourth-order valence-corrected chi connectivity index (χ4v) is 3.81. The van der Waals surface area contributed by atoms with Gasteiger partial charge in [0.1, 0.15) is 17.4 Å². The minimum absolute atomic E-state index is 0.00530. The number of carboxylic acids is 1. The summed E-state index contributed by atoms with van der Waals surface area (Å²) < 4.78 is 21.3. The summed E-state index contributed by atoms with van der Waals surface area (Å²) in [6.07, 6.45) is 3.15. The van der Waals surface area contributed by atoms with E-state index in [4.69, 9.17) is 21.4 Å². The lowest BCUT2D eigenvalue weighted by atomic mass is 10.1. The number of hydrogen-bond donors (Lipinski definition) is 2. The van der Waals surface area contributed by atoms with Crippen molar-refractivity contribution < 1.29 is 19.0 Å². The van der Waals surface area contributed by atoms with E-state index < -0.39 is 11.8 Å². The molecule has 0 atom stereocenters. The zero-order valence-corrected chi connectivity index (χ0v) is 19.5. The van der Waals surface area contributed by atoms with Crippen molar-refractivity contribution in [3.05, 3.63) is 82.9 Å². The number of rotatable bonds is 7. The monoisotopic (exact) mass is 480 g/mol. The van der Waals surface area contributed by atoms with E-state index in [1.807, 2.05) is 45.0 Å². The van der Waals surface area contributed by atoms with Crippen molar-refractivity contribution >= 4 is 29.1 Å². The first kappa shape index (κ1) is 23.3. The van der Waals surface area contributed by atoms with Crippen molar-refractivity contribution in [3.8, 4) is 22.7 Å². The normalized spacial score (nSPS) is 11.0. The fourth-order valence-electron chi connectivity index (χ4n) is 3.52. The summed E-state index contributed by atoms with van der Waals surface area (Å²) in [5.74, 6) is -0.677. The van der Waals surface area contributed by atoms with Gasteiger partial charge in [-0.15, -0.1) is 0 Å². The van der Waals surface area contributed by atoms with Crippen LogP contribution in [-0.2, 0) is 0 Å². The molecule has 0 fully saturated rings. The van der Waals surface area contributed by atoms with Crippen LogP contribution in [0.1, 0.15) is 29.8 Å². The van der Waals surface area contributed by atoms with E-state index in [0.717, 1.165) is 23.3 Å². The van der Waals surface area contributed by atoms with Crippen LogP contribution in [0.25, 0.3) is 16.9 Å². The number of anilines is 2. The van der Waals surface area contributed by atoms with Gasteiger partial charge in [0, 0.05) is 24.0 Å². The largest absolute Gasteiger partial charge is 0.491 e. The lowest BCUT2D eigenvalue weighted by Gasteiger charge is -2.14. The average Bonchev–Trinajstić information content (AvgIpc) is 3.16. The van der Waals surface area contributed by atoms with Crippen LogP contribution in [0.2, 0.25) is 5.02 Å². The second-order valence-corrected chi connectivity index (χ2v) is 8.34. The molecule has 2 aromatic heterocycles. The molecule has 0 aliphatic rings. The van der Waals surface area contributed by atoms with E-state index in [9.17, 15) is 14.3 Å². The molecule has 0 unspecified atom stereocenters.